The molecule has 0 fully saturated rings. The van der Waals surface area contributed by atoms with Crippen LogP contribution in [0.25, 0.3) is 5.52 Å². The Labute approximate surface area is 181 Å². The Morgan fingerprint density at radius 3 is 2.00 bits per heavy atom. The van der Waals surface area contributed by atoms with Gasteiger partial charge in [0.25, 0.3) is 0 Å². The molecule has 1 aliphatic carbocycles. The predicted octanol–water partition coefficient (Wildman–Crippen LogP) is 2.06. The molecule has 0 saturated carbocycles. The molecule has 0 amide bonds. The zero-order chi connectivity index (χ0) is 17.3. The monoisotopic (exact) mass is 468 g/mol. The Hall–Kier alpha value is -1.70. The van der Waals surface area contributed by atoms with Gasteiger partial charge in [0.1, 0.15) is 0 Å². The number of imidazole rings is 1. The Morgan fingerprint density at radius 1 is 0.852 bits per heavy atom. The number of halogens is 1. The zero-order valence-electron chi connectivity index (χ0n) is 15.6. The number of aryl methyl sites for hydroxylation is 1. The molecule has 0 bridgehead atoms. The van der Waals surface area contributed by atoms with Crippen molar-refractivity contribution in [1.82, 2.24) is 4.40 Å². The third-order valence-electron chi connectivity index (χ3n) is 4.26. The second-order valence-electron chi connectivity index (χ2n) is 6.37. The summed E-state index contributed by atoms with van der Waals surface area (Å²) in [6.45, 7) is 2.96. The van der Waals surface area contributed by atoms with E-state index in [0.717, 1.165) is 6.54 Å². The average Bonchev–Trinajstić information content (AvgIpc) is 3.00. The summed E-state index contributed by atoms with van der Waals surface area (Å²) in [7, 11) is 0. The molecule has 27 heavy (non-hydrogen) atoms. The number of hydrogen-bond acceptors (Lipinski definition) is 0. The molecule has 0 spiro atoms. The first-order chi connectivity index (χ1) is 12.3. The first-order valence-corrected chi connectivity index (χ1v) is 9.07. The molecule has 0 unspecified atom stereocenters. The van der Waals surface area contributed by atoms with E-state index in [4.69, 9.17) is 0 Å². The van der Waals surface area contributed by atoms with Gasteiger partial charge in [0.05, 0.1) is 6.54 Å². The second-order valence-corrected chi connectivity index (χ2v) is 6.37. The van der Waals surface area contributed by atoms with Crippen LogP contribution in [0.5, 0.6) is 0 Å². The van der Waals surface area contributed by atoms with Crippen LogP contribution in [0.15, 0.2) is 79.0 Å². The molecule has 0 N–H and O–H groups in total. The maximum atomic E-state index is 3.35. The minimum atomic E-state index is 0. The van der Waals surface area contributed by atoms with E-state index >= 15 is 0 Å². The topological polar surface area (TPSA) is 8.29 Å². The van der Waals surface area contributed by atoms with Gasteiger partial charge in [-0.15, -0.1) is 0 Å². The molecule has 3 aromatic rings. The molecule has 145 valence electrons. The van der Waals surface area contributed by atoms with E-state index < -0.39 is 0 Å². The number of rotatable bonds is 2. The summed E-state index contributed by atoms with van der Waals surface area (Å²) in [5, 5.41) is 0. The number of fused-ring (bicyclic) bond motifs is 1. The molecule has 2 aromatic heterocycles. The first kappa shape index (κ1) is 23.3. The summed E-state index contributed by atoms with van der Waals surface area (Å²) in [6, 6.07) is 16.7. The van der Waals surface area contributed by atoms with Crippen molar-refractivity contribution in [2.45, 2.75) is 39.2 Å². The Morgan fingerprint density at radius 2 is 1.44 bits per heavy atom. The first-order valence-electron chi connectivity index (χ1n) is 9.07. The summed E-state index contributed by atoms with van der Waals surface area (Å²) >= 11 is 0. The number of pyridine rings is 1. The largest absolute Gasteiger partial charge is 1.00 e. The third-order valence-corrected chi connectivity index (χ3v) is 4.26. The Kier molecular flexibility index (Phi) is 10.9. The molecule has 0 saturated heterocycles. The molecular weight excluding hydrogens is 443 g/mol. The van der Waals surface area contributed by atoms with Gasteiger partial charge >= 0.3 is 0 Å². The van der Waals surface area contributed by atoms with Gasteiger partial charge in [0.15, 0.2) is 0 Å². The summed E-state index contributed by atoms with van der Waals surface area (Å²) in [5.41, 5.74) is 3.68. The van der Waals surface area contributed by atoms with Crippen LogP contribution < -0.4 is 17.0 Å². The zero-order valence-corrected chi connectivity index (χ0v) is 18.0. The van der Waals surface area contributed by atoms with Gasteiger partial charge < -0.3 is 21.4 Å². The van der Waals surface area contributed by atoms with Gasteiger partial charge in [-0.1, -0.05) is 72.8 Å². The number of aromatic nitrogens is 2. The van der Waals surface area contributed by atoms with Crippen molar-refractivity contribution in [3.8, 4) is 0 Å². The third kappa shape index (κ3) is 7.44. The van der Waals surface area contributed by atoms with Gasteiger partial charge in [-0.2, -0.15) is 0 Å². The van der Waals surface area contributed by atoms with Crippen LogP contribution in [0.4, 0.5) is 0 Å². The normalized spacial score (nSPS) is 15.1. The van der Waals surface area contributed by atoms with E-state index in [9.17, 15) is 0 Å². The van der Waals surface area contributed by atoms with Crippen LogP contribution in [0.1, 0.15) is 36.9 Å². The van der Waals surface area contributed by atoms with Crippen molar-refractivity contribution in [1.29, 1.82) is 0 Å². The molecule has 0 aliphatic heterocycles. The Balaban J connectivity index is 0.000000313. The van der Waals surface area contributed by atoms with E-state index in [2.05, 4.69) is 95.2 Å². The van der Waals surface area contributed by atoms with Crippen molar-refractivity contribution in [2.75, 3.05) is 0 Å². The molecule has 2 nitrogen and oxygen atoms in total. The summed E-state index contributed by atoms with van der Waals surface area (Å²) in [5.74, 6) is 0. The SMILES string of the molecule is C1=C\CC/C=C\CC/1.Cc1cccc2c[n+](Cc3ccccc3)[c-]n12.[Cl-].[Rh]. The minimum Gasteiger partial charge on any atom is -1.00 e. The molecule has 2 heterocycles. The molecule has 4 rings (SSSR count). The van der Waals surface area contributed by atoms with Crippen molar-refractivity contribution in [3.63, 3.8) is 0 Å². The van der Waals surface area contributed by atoms with Crippen molar-refractivity contribution in [3.05, 3.63) is 96.6 Å². The smallest absolute Gasteiger partial charge is 0.243 e. The van der Waals surface area contributed by atoms with Gasteiger partial charge in [-0.05, 0) is 38.2 Å². The predicted molar refractivity (Wildman–Crippen MR) is 103 cm³/mol. The fourth-order valence-electron chi connectivity index (χ4n) is 2.91. The maximum Gasteiger partial charge on any atom is 0.243 e. The van der Waals surface area contributed by atoms with Crippen molar-refractivity contribution < 1.29 is 36.5 Å². The van der Waals surface area contributed by atoms with E-state index in [1.807, 2.05) is 6.07 Å². The number of hydrogen-bond donors (Lipinski definition) is 0. The fraction of sp³-hybridized carbons (Fsp3) is 0.261. The molecule has 4 heteroatoms. The van der Waals surface area contributed by atoms with Crippen LogP contribution in [0.2, 0.25) is 0 Å². The summed E-state index contributed by atoms with van der Waals surface area (Å²) in [6.07, 6.45) is 19.5. The molecule has 1 aromatic carbocycles. The van der Waals surface area contributed by atoms with Gasteiger partial charge in [-0.25, -0.2) is 0 Å². The van der Waals surface area contributed by atoms with Crippen LogP contribution in [0.3, 0.4) is 0 Å². The fourth-order valence-corrected chi connectivity index (χ4v) is 2.91. The number of nitrogens with zero attached hydrogens (tertiary/aromatic N) is 2. The maximum absolute atomic E-state index is 3.35. The Bertz CT molecular complexity index is 827. The van der Waals surface area contributed by atoms with E-state index in [1.54, 1.807) is 0 Å². The van der Waals surface area contributed by atoms with E-state index in [1.165, 1.54) is 42.5 Å². The average molecular weight is 469 g/mol. The van der Waals surface area contributed by atoms with Crippen LogP contribution in [-0.2, 0) is 26.0 Å². The summed E-state index contributed by atoms with van der Waals surface area (Å²) < 4.78 is 4.18. The molecular formula is C23H26ClN2Rh-. The second kappa shape index (κ2) is 12.6. The van der Waals surface area contributed by atoms with Gasteiger partial charge in [0, 0.05) is 36.9 Å². The molecule has 0 atom stereocenters. The number of allylic oxidation sites excluding steroid dienone is 4. The van der Waals surface area contributed by atoms with E-state index in [0.29, 0.717) is 0 Å². The number of benzene rings is 1. The van der Waals surface area contributed by atoms with Crippen LogP contribution in [0, 0.1) is 13.3 Å². The van der Waals surface area contributed by atoms with Crippen LogP contribution in [-0.4, -0.2) is 4.40 Å². The van der Waals surface area contributed by atoms with Gasteiger partial charge in [0.2, 0.25) is 6.33 Å². The molecule has 1 radical (unpaired) electrons. The van der Waals surface area contributed by atoms with Gasteiger partial charge in [-0.3, -0.25) is 0 Å². The van der Waals surface area contributed by atoms with Crippen LogP contribution >= 0.6 is 0 Å². The van der Waals surface area contributed by atoms with E-state index in [-0.39, 0.29) is 31.9 Å². The summed E-state index contributed by atoms with van der Waals surface area (Å²) in [4.78, 5) is 0. The van der Waals surface area contributed by atoms with Crippen molar-refractivity contribution in [2.24, 2.45) is 0 Å². The minimum absolute atomic E-state index is 0. The molecule has 1 aliphatic rings. The standard InChI is InChI=1S/C15H14N2.C8H12.ClH.Rh/c1-13-6-5-9-15-11-16(12-17(13)15)10-14-7-3-2-4-8-14;1-2-4-6-8-7-5-3-1;;/h2-9,11H,10H2,1H3;1-2,7-8H,3-6H2;1H;/p-1/b;2-1-,8-7-;;. The quantitative estimate of drug-likeness (QED) is 0.236. The van der Waals surface area contributed by atoms with Crippen molar-refractivity contribution >= 4 is 5.52 Å².